The number of carbonyl (C=O) groups excluding carboxylic acids is 2. The average Bonchev–Trinajstić information content (AvgIpc) is 3.15. The number of methoxy groups -OCH3 is 1. The Morgan fingerprint density at radius 2 is 2.04 bits per heavy atom. The average molecular weight is 385 g/mol. The molecule has 2 aromatic rings. The number of urea groups is 1. The summed E-state index contributed by atoms with van der Waals surface area (Å²) >= 11 is 0. The van der Waals surface area contributed by atoms with Crippen LogP contribution in [0.1, 0.15) is 48.7 Å². The van der Waals surface area contributed by atoms with E-state index in [1.165, 1.54) is 0 Å². The Labute approximate surface area is 164 Å². The molecule has 1 saturated heterocycles. The minimum Gasteiger partial charge on any atom is -0.497 e. The number of aromatic nitrogens is 2. The molecule has 3 amide bonds. The smallest absolute Gasteiger partial charge is 0.317 e. The van der Waals surface area contributed by atoms with Gasteiger partial charge in [0.15, 0.2) is 0 Å². The summed E-state index contributed by atoms with van der Waals surface area (Å²) in [6.07, 6.45) is 3.45. The van der Waals surface area contributed by atoms with Crippen molar-refractivity contribution in [3.63, 3.8) is 0 Å². The molecule has 1 aromatic carbocycles. The molecule has 3 N–H and O–H groups in total. The Bertz CT molecular complexity index is 816. The van der Waals surface area contributed by atoms with Crippen molar-refractivity contribution in [1.29, 1.82) is 0 Å². The molecule has 28 heavy (non-hydrogen) atoms. The van der Waals surface area contributed by atoms with Crippen LogP contribution >= 0.6 is 0 Å². The summed E-state index contributed by atoms with van der Waals surface area (Å²) in [6.45, 7) is 5.21. The van der Waals surface area contributed by atoms with E-state index in [-0.39, 0.29) is 23.9 Å². The van der Waals surface area contributed by atoms with Crippen LogP contribution in [0.5, 0.6) is 5.75 Å². The van der Waals surface area contributed by atoms with Gasteiger partial charge in [-0.15, -0.1) is 0 Å². The Morgan fingerprint density at radius 1 is 1.29 bits per heavy atom. The minimum atomic E-state index is -0.212. The van der Waals surface area contributed by atoms with E-state index in [0.29, 0.717) is 23.5 Å². The van der Waals surface area contributed by atoms with Gasteiger partial charge in [0.2, 0.25) is 0 Å². The number of benzene rings is 1. The molecule has 0 aliphatic carbocycles. The van der Waals surface area contributed by atoms with E-state index in [0.717, 1.165) is 25.1 Å². The molecule has 1 atom stereocenters. The Balaban J connectivity index is 1.68. The fraction of sp³-hybridized carbons (Fsp3) is 0.450. The number of H-pyrrole nitrogens is 1. The standard InChI is InChI=1S/C20H27N5O3/c1-13(2)22-20(27)25-10-4-5-15(12-25)18-17(11-21-24-18)23-19(26)14-6-8-16(28-3)9-7-14/h6-9,11,13,15H,4-5,10,12H2,1-3H3,(H,21,24)(H,22,27)(H,23,26). The van der Waals surface area contributed by atoms with Crippen LogP contribution in [0.15, 0.2) is 30.5 Å². The number of piperidine rings is 1. The van der Waals surface area contributed by atoms with Gasteiger partial charge in [0.25, 0.3) is 5.91 Å². The maximum Gasteiger partial charge on any atom is 0.317 e. The van der Waals surface area contributed by atoms with Crippen molar-refractivity contribution in [3.05, 3.63) is 41.7 Å². The maximum atomic E-state index is 12.6. The van der Waals surface area contributed by atoms with Crippen molar-refractivity contribution in [3.8, 4) is 5.75 Å². The second kappa shape index (κ2) is 8.77. The number of hydrogen-bond acceptors (Lipinski definition) is 4. The number of nitrogens with zero attached hydrogens (tertiary/aromatic N) is 2. The van der Waals surface area contributed by atoms with E-state index in [1.54, 1.807) is 37.6 Å². The summed E-state index contributed by atoms with van der Waals surface area (Å²) in [7, 11) is 1.59. The zero-order valence-electron chi connectivity index (χ0n) is 16.5. The summed E-state index contributed by atoms with van der Waals surface area (Å²) in [6, 6.07) is 6.97. The second-order valence-electron chi connectivity index (χ2n) is 7.27. The van der Waals surface area contributed by atoms with E-state index in [9.17, 15) is 9.59 Å². The predicted molar refractivity (Wildman–Crippen MR) is 107 cm³/mol. The Morgan fingerprint density at radius 3 is 2.71 bits per heavy atom. The number of carbonyl (C=O) groups is 2. The first-order valence-corrected chi connectivity index (χ1v) is 9.52. The van der Waals surface area contributed by atoms with Crippen molar-refractivity contribution in [2.24, 2.45) is 0 Å². The summed E-state index contributed by atoms with van der Waals surface area (Å²) in [5, 5.41) is 13.0. The number of ether oxygens (including phenoxy) is 1. The normalized spacial score (nSPS) is 16.7. The lowest BCUT2D eigenvalue weighted by molar-refractivity contribution is 0.102. The van der Waals surface area contributed by atoms with Gasteiger partial charge in [0.05, 0.1) is 24.7 Å². The highest BCUT2D eigenvalue weighted by molar-refractivity contribution is 6.04. The van der Waals surface area contributed by atoms with Gasteiger partial charge in [-0.1, -0.05) is 0 Å². The molecular weight excluding hydrogens is 358 g/mol. The van der Waals surface area contributed by atoms with Gasteiger partial charge in [-0.3, -0.25) is 9.89 Å². The highest BCUT2D eigenvalue weighted by atomic mass is 16.5. The molecule has 1 aliphatic rings. The number of nitrogens with one attached hydrogen (secondary N) is 3. The molecule has 0 spiro atoms. The first kappa shape index (κ1) is 19.7. The fourth-order valence-electron chi connectivity index (χ4n) is 3.38. The number of rotatable bonds is 5. The van der Waals surface area contributed by atoms with Gasteiger partial charge < -0.3 is 20.3 Å². The third-order valence-electron chi connectivity index (χ3n) is 4.80. The van der Waals surface area contributed by atoms with Gasteiger partial charge in [-0.25, -0.2) is 4.79 Å². The highest BCUT2D eigenvalue weighted by Gasteiger charge is 2.28. The van der Waals surface area contributed by atoms with E-state index >= 15 is 0 Å². The van der Waals surface area contributed by atoms with Crippen molar-refractivity contribution in [2.45, 2.75) is 38.6 Å². The zero-order valence-corrected chi connectivity index (χ0v) is 16.5. The number of amides is 3. The molecule has 2 heterocycles. The predicted octanol–water partition coefficient (Wildman–Crippen LogP) is 2.97. The first-order chi connectivity index (χ1) is 13.5. The molecule has 8 nitrogen and oxygen atoms in total. The molecule has 3 rings (SSSR count). The van der Waals surface area contributed by atoms with Crippen LogP contribution in [0, 0.1) is 0 Å². The lowest BCUT2D eigenvalue weighted by Crippen LogP contribution is -2.47. The quantitative estimate of drug-likeness (QED) is 0.737. The van der Waals surface area contributed by atoms with Gasteiger partial charge in [-0.2, -0.15) is 5.10 Å². The first-order valence-electron chi connectivity index (χ1n) is 9.52. The van der Waals surface area contributed by atoms with Gasteiger partial charge in [-0.05, 0) is 51.0 Å². The Kier molecular flexibility index (Phi) is 6.18. The third kappa shape index (κ3) is 4.62. The number of hydrogen-bond donors (Lipinski definition) is 3. The van der Waals surface area contributed by atoms with E-state index in [1.807, 2.05) is 18.7 Å². The summed E-state index contributed by atoms with van der Waals surface area (Å²) < 4.78 is 5.12. The molecule has 1 aromatic heterocycles. The molecule has 1 unspecified atom stereocenters. The minimum absolute atomic E-state index is 0.0527. The molecule has 150 valence electrons. The summed E-state index contributed by atoms with van der Waals surface area (Å²) in [5.74, 6) is 0.582. The van der Waals surface area contributed by atoms with E-state index in [4.69, 9.17) is 4.74 Å². The lowest BCUT2D eigenvalue weighted by Gasteiger charge is -2.33. The van der Waals surface area contributed by atoms with Gasteiger partial charge in [0.1, 0.15) is 5.75 Å². The van der Waals surface area contributed by atoms with Crippen molar-refractivity contribution < 1.29 is 14.3 Å². The highest BCUT2D eigenvalue weighted by Crippen LogP contribution is 2.30. The SMILES string of the molecule is COc1ccc(C(=O)Nc2cn[nH]c2C2CCCN(C(=O)NC(C)C)C2)cc1. The Hall–Kier alpha value is -3.03. The van der Waals surface area contributed by atoms with Crippen molar-refractivity contribution in [2.75, 3.05) is 25.5 Å². The number of anilines is 1. The fourth-order valence-corrected chi connectivity index (χ4v) is 3.38. The van der Waals surface area contributed by atoms with Crippen LogP contribution in [0.25, 0.3) is 0 Å². The maximum absolute atomic E-state index is 12.6. The monoisotopic (exact) mass is 385 g/mol. The molecule has 0 bridgehead atoms. The summed E-state index contributed by atoms with van der Waals surface area (Å²) in [4.78, 5) is 26.7. The van der Waals surface area contributed by atoms with Crippen LogP contribution in [-0.4, -0.2) is 53.3 Å². The molecule has 8 heteroatoms. The van der Waals surface area contributed by atoms with Crippen LogP contribution in [0.2, 0.25) is 0 Å². The second-order valence-corrected chi connectivity index (χ2v) is 7.27. The van der Waals surface area contributed by atoms with E-state index < -0.39 is 0 Å². The van der Waals surface area contributed by atoms with Crippen LogP contribution < -0.4 is 15.4 Å². The van der Waals surface area contributed by atoms with Crippen molar-refractivity contribution >= 4 is 17.6 Å². The van der Waals surface area contributed by atoms with Crippen LogP contribution in [-0.2, 0) is 0 Å². The van der Waals surface area contributed by atoms with Crippen molar-refractivity contribution in [1.82, 2.24) is 20.4 Å². The van der Waals surface area contributed by atoms with Crippen LogP contribution in [0.4, 0.5) is 10.5 Å². The number of likely N-dealkylation sites (tertiary alicyclic amines) is 1. The molecule has 0 saturated carbocycles. The van der Waals surface area contributed by atoms with E-state index in [2.05, 4.69) is 20.8 Å². The van der Waals surface area contributed by atoms with Gasteiger partial charge in [0, 0.05) is 30.6 Å². The molecule has 1 fully saturated rings. The summed E-state index contributed by atoms with van der Waals surface area (Å²) in [5.41, 5.74) is 2.04. The largest absolute Gasteiger partial charge is 0.497 e. The molecule has 1 aliphatic heterocycles. The third-order valence-corrected chi connectivity index (χ3v) is 4.80. The zero-order chi connectivity index (χ0) is 20.1. The van der Waals surface area contributed by atoms with Gasteiger partial charge >= 0.3 is 6.03 Å². The topological polar surface area (TPSA) is 99.3 Å². The number of aromatic amines is 1. The molecular formula is C20H27N5O3. The lowest BCUT2D eigenvalue weighted by atomic mass is 9.94. The molecule has 0 radical (unpaired) electrons. The van der Waals surface area contributed by atoms with Crippen LogP contribution in [0.3, 0.4) is 0 Å².